The molecule has 0 aliphatic rings. The fourth-order valence-electron chi connectivity index (χ4n) is 1.61. The molecule has 0 spiro atoms. The number of carbonyl (C=O) groups is 1. The number of hydrogen-bond acceptors (Lipinski definition) is 4. The standard InChI is InChI=1S/C13H20N2O3/c1-9(6-7-14)15-13(16)10-4-5-11(17-2)12(8-10)18-3/h4-5,8-9H,6-7,14H2,1-3H3,(H,15,16). The Balaban J connectivity index is 2.80. The first-order chi connectivity index (χ1) is 8.62. The lowest BCUT2D eigenvalue weighted by Crippen LogP contribution is -2.34. The van der Waals surface area contributed by atoms with Crippen molar-refractivity contribution in [2.75, 3.05) is 20.8 Å². The molecule has 0 aromatic heterocycles. The van der Waals surface area contributed by atoms with Gasteiger partial charge in [0.15, 0.2) is 11.5 Å². The summed E-state index contributed by atoms with van der Waals surface area (Å²) in [6, 6.07) is 5.12. The molecule has 0 saturated carbocycles. The number of hydrogen-bond donors (Lipinski definition) is 2. The van der Waals surface area contributed by atoms with Crippen LogP contribution >= 0.6 is 0 Å². The maximum absolute atomic E-state index is 11.9. The van der Waals surface area contributed by atoms with Crippen LogP contribution in [-0.4, -0.2) is 32.7 Å². The lowest BCUT2D eigenvalue weighted by atomic mass is 10.1. The predicted molar refractivity (Wildman–Crippen MR) is 70.1 cm³/mol. The van der Waals surface area contributed by atoms with E-state index in [1.807, 2.05) is 6.92 Å². The monoisotopic (exact) mass is 252 g/mol. The molecule has 0 bridgehead atoms. The maximum Gasteiger partial charge on any atom is 0.251 e. The van der Waals surface area contributed by atoms with Gasteiger partial charge in [-0.3, -0.25) is 4.79 Å². The van der Waals surface area contributed by atoms with Crippen LogP contribution in [0.1, 0.15) is 23.7 Å². The highest BCUT2D eigenvalue weighted by molar-refractivity contribution is 5.95. The number of nitrogens with one attached hydrogen (secondary N) is 1. The Hall–Kier alpha value is -1.75. The van der Waals surface area contributed by atoms with E-state index in [0.29, 0.717) is 23.6 Å². The quantitative estimate of drug-likeness (QED) is 0.797. The van der Waals surface area contributed by atoms with E-state index in [9.17, 15) is 4.79 Å². The van der Waals surface area contributed by atoms with E-state index in [4.69, 9.17) is 15.2 Å². The van der Waals surface area contributed by atoms with E-state index in [-0.39, 0.29) is 11.9 Å². The molecule has 1 unspecified atom stereocenters. The average molecular weight is 252 g/mol. The molecule has 0 heterocycles. The van der Waals surface area contributed by atoms with E-state index in [0.717, 1.165) is 6.42 Å². The molecule has 5 nitrogen and oxygen atoms in total. The first-order valence-electron chi connectivity index (χ1n) is 5.85. The maximum atomic E-state index is 11.9. The second kappa shape index (κ2) is 6.86. The Morgan fingerprint density at radius 3 is 2.56 bits per heavy atom. The summed E-state index contributed by atoms with van der Waals surface area (Å²) in [5.41, 5.74) is 5.98. The summed E-state index contributed by atoms with van der Waals surface area (Å²) >= 11 is 0. The van der Waals surface area contributed by atoms with Gasteiger partial charge < -0.3 is 20.5 Å². The minimum Gasteiger partial charge on any atom is -0.493 e. The van der Waals surface area contributed by atoms with Crippen molar-refractivity contribution in [1.82, 2.24) is 5.32 Å². The summed E-state index contributed by atoms with van der Waals surface area (Å²) in [7, 11) is 3.09. The largest absolute Gasteiger partial charge is 0.493 e. The van der Waals surface area contributed by atoms with Crippen molar-refractivity contribution in [2.24, 2.45) is 5.73 Å². The summed E-state index contributed by atoms with van der Waals surface area (Å²) in [6.45, 7) is 2.47. The molecular weight excluding hydrogens is 232 g/mol. The molecule has 1 amide bonds. The molecule has 1 aromatic rings. The van der Waals surface area contributed by atoms with Gasteiger partial charge in [-0.05, 0) is 38.1 Å². The minimum atomic E-state index is -0.142. The summed E-state index contributed by atoms with van der Waals surface area (Å²) in [5.74, 6) is 0.998. The van der Waals surface area contributed by atoms with Crippen LogP contribution in [0.5, 0.6) is 11.5 Å². The molecule has 5 heteroatoms. The van der Waals surface area contributed by atoms with Crippen molar-refractivity contribution in [2.45, 2.75) is 19.4 Å². The number of rotatable bonds is 6. The van der Waals surface area contributed by atoms with E-state index in [2.05, 4.69) is 5.32 Å². The highest BCUT2D eigenvalue weighted by Crippen LogP contribution is 2.27. The molecule has 1 aromatic carbocycles. The third-order valence-corrected chi connectivity index (χ3v) is 2.62. The van der Waals surface area contributed by atoms with Gasteiger partial charge in [0.05, 0.1) is 14.2 Å². The molecule has 0 aliphatic carbocycles. The van der Waals surface area contributed by atoms with Crippen molar-refractivity contribution in [3.05, 3.63) is 23.8 Å². The molecule has 3 N–H and O–H groups in total. The SMILES string of the molecule is COc1ccc(C(=O)NC(C)CCN)cc1OC. The summed E-state index contributed by atoms with van der Waals surface area (Å²) in [6.07, 6.45) is 0.749. The first-order valence-corrected chi connectivity index (χ1v) is 5.85. The van der Waals surface area contributed by atoms with Crippen LogP contribution in [-0.2, 0) is 0 Å². The fraction of sp³-hybridized carbons (Fsp3) is 0.462. The normalized spacial score (nSPS) is 11.8. The van der Waals surface area contributed by atoms with Crippen LogP contribution in [0.2, 0.25) is 0 Å². The predicted octanol–water partition coefficient (Wildman–Crippen LogP) is 1.17. The number of ether oxygens (including phenoxy) is 2. The number of nitrogens with two attached hydrogens (primary N) is 1. The van der Waals surface area contributed by atoms with Gasteiger partial charge in [0.25, 0.3) is 5.91 Å². The molecule has 0 fully saturated rings. The van der Waals surface area contributed by atoms with Crippen molar-refractivity contribution in [3.8, 4) is 11.5 Å². The average Bonchev–Trinajstić information content (AvgIpc) is 2.38. The Kier molecular flexibility index (Phi) is 5.45. The van der Waals surface area contributed by atoms with Gasteiger partial charge in [-0.15, -0.1) is 0 Å². The second-order valence-corrected chi connectivity index (χ2v) is 4.02. The molecule has 1 rings (SSSR count). The molecule has 100 valence electrons. The van der Waals surface area contributed by atoms with E-state index in [1.54, 1.807) is 25.3 Å². The highest BCUT2D eigenvalue weighted by Gasteiger charge is 2.12. The summed E-state index contributed by atoms with van der Waals surface area (Å²) < 4.78 is 10.3. The third kappa shape index (κ3) is 3.63. The first kappa shape index (κ1) is 14.3. The van der Waals surface area contributed by atoms with E-state index in [1.165, 1.54) is 7.11 Å². The Morgan fingerprint density at radius 1 is 1.33 bits per heavy atom. The van der Waals surface area contributed by atoms with Crippen LogP contribution in [0.3, 0.4) is 0 Å². The van der Waals surface area contributed by atoms with Crippen LogP contribution in [0.4, 0.5) is 0 Å². The third-order valence-electron chi connectivity index (χ3n) is 2.62. The Bertz CT molecular complexity index is 407. The second-order valence-electron chi connectivity index (χ2n) is 4.02. The Labute approximate surface area is 107 Å². The van der Waals surface area contributed by atoms with Crippen LogP contribution < -0.4 is 20.5 Å². The highest BCUT2D eigenvalue weighted by atomic mass is 16.5. The smallest absolute Gasteiger partial charge is 0.251 e. The van der Waals surface area contributed by atoms with Crippen molar-refractivity contribution in [3.63, 3.8) is 0 Å². The number of amides is 1. The van der Waals surface area contributed by atoms with Crippen molar-refractivity contribution >= 4 is 5.91 Å². The number of benzene rings is 1. The lowest BCUT2D eigenvalue weighted by Gasteiger charge is -2.14. The zero-order valence-electron chi connectivity index (χ0n) is 11.0. The lowest BCUT2D eigenvalue weighted by molar-refractivity contribution is 0.0938. The summed E-state index contributed by atoms with van der Waals surface area (Å²) in [5, 5.41) is 2.87. The van der Waals surface area contributed by atoms with Crippen molar-refractivity contribution < 1.29 is 14.3 Å². The number of carbonyl (C=O) groups excluding carboxylic acids is 1. The van der Waals surface area contributed by atoms with Crippen LogP contribution in [0.25, 0.3) is 0 Å². The zero-order valence-corrected chi connectivity index (χ0v) is 11.0. The van der Waals surface area contributed by atoms with Gasteiger partial charge >= 0.3 is 0 Å². The van der Waals surface area contributed by atoms with Gasteiger partial charge in [-0.25, -0.2) is 0 Å². The fourth-order valence-corrected chi connectivity index (χ4v) is 1.61. The minimum absolute atomic E-state index is 0.0515. The molecule has 18 heavy (non-hydrogen) atoms. The van der Waals surface area contributed by atoms with Crippen molar-refractivity contribution in [1.29, 1.82) is 0 Å². The summed E-state index contributed by atoms with van der Waals surface area (Å²) in [4.78, 5) is 11.9. The van der Waals surface area contributed by atoms with Gasteiger partial charge in [-0.2, -0.15) is 0 Å². The van der Waals surface area contributed by atoms with E-state index < -0.39 is 0 Å². The van der Waals surface area contributed by atoms with Gasteiger partial charge in [0, 0.05) is 11.6 Å². The zero-order chi connectivity index (χ0) is 13.5. The molecule has 0 radical (unpaired) electrons. The molecular formula is C13H20N2O3. The van der Waals surface area contributed by atoms with Gasteiger partial charge in [-0.1, -0.05) is 0 Å². The van der Waals surface area contributed by atoms with Crippen LogP contribution in [0, 0.1) is 0 Å². The molecule has 1 atom stereocenters. The van der Waals surface area contributed by atoms with E-state index >= 15 is 0 Å². The number of methoxy groups -OCH3 is 2. The molecule has 0 aliphatic heterocycles. The van der Waals surface area contributed by atoms with Gasteiger partial charge in [0.1, 0.15) is 0 Å². The topological polar surface area (TPSA) is 73.6 Å². The van der Waals surface area contributed by atoms with Gasteiger partial charge in [0.2, 0.25) is 0 Å². The Morgan fingerprint density at radius 2 is 2.00 bits per heavy atom. The van der Waals surface area contributed by atoms with Crippen LogP contribution in [0.15, 0.2) is 18.2 Å². The molecule has 0 saturated heterocycles.